The second-order valence-electron chi connectivity index (χ2n) is 10.8. The number of rotatable bonds is 4. The number of benzene rings is 4. The molecule has 4 heterocycles. The molecule has 4 nitrogen and oxygen atoms in total. The first-order valence-corrected chi connectivity index (χ1v) is 14.6. The molecule has 0 fully saturated rings. The quantitative estimate of drug-likeness (QED) is 0.209. The summed E-state index contributed by atoms with van der Waals surface area (Å²) in [4.78, 5) is 20.3. The van der Waals surface area contributed by atoms with Crippen molar-refractivity contribution < 1.29 is 0 Å². The minimum atomic E-state index is 0.895. The Labute approximate surface area is 243 Å². The number of hydrogen-bond acceptors (Lipinski definition) is 4. The van der Waals surface area contributed by atoms with Crippen molar-refractivity contribution in [1.29, 1.82) is 0 Å². The fourth-order valence-corrected chi connectivity index (χ4v) is 6.06. The third-order valence-electron chi connectivity index (χ3n) is 8.36. The standard InChI is InChI=1S/C38H28N4/c1-3-27-17-13-23-9-11-25-15-21-33(41-37(25)35(23)39-27)31-19-20-32(30-8-6-5-7-29(30)31)34-22-16-26-12-10-24-14-18-28(4-2)40-36(24)38(26)42-34/h5-22H,3-4H2,1-2H3. The van der Waals surface area contributed by atoms with Crippen molar-refractivity contribution in [3.63, 3.8) is 0 Å². The minimum absolute atomic E-state index is 0.895. The van der Waals surface area contributed by atoms with Crippen LogP contribution in [0.2, 0.25) is 0 Å². The van der Waals surface area contributed by atoms with E-state index in [0.717, 1.165) is 101 Å². The largest absolute Gasteiger partial charge is 0.251 e. The molecule has 0 unspecified atom stereocenters. The van der Waals surface area contributed by atoms with Gasteiger partial charge >= 0.3 is 0 Å². The lowest BCUT2D eigenvalue weighted by atomic mass is 9.95. The molecule has 4 heteroatoms. The number of aromatic nitrogens is 4. The normalized spacial score (nSPS) is 11.8. The Morgan fingerprint density at radius 1 is 0.381 bits per heavy atom. The highest BCUT2D eigenvalue weighted by Gasteiger charge is 2.14. The zero-order valence-corrected chi connectivity index (χ0v) is 23.6. The van der Waals surface area contributed by atoms with E-state index in [9.17, 15) is 0 Å². The van der Waals surface area contributed by atoms with Crippen molar-refractivity contribution in [2.75, 3.05) is 0 Å². The van der Waals surface area contributed by atoms with E-state index in [0.29, 0.717) is 0 Å². The van der Waals surface area contributed by atoms with Crippen LogP contribution < -0.4 is 0 Å². The maximum Gasteiger partial charge on any atom is 0.0972 e. The second-order valence-corrected chi connectivity index (χ2v) is 10.8. The second kappa shape index (κ2) is 9.71. The van der Waals surface area contributed by atoms with Crippen molar-refractivity contribution in [1.82, 2.24) is 19.9 Å². The highest BCUT2D eigenvalue weighted by Crippen LogP contribution is 2.36. The van der Waals surface area contributed by atoms with Gasteiger partial charge in [-0.05, 0) is 47.9 Å². The minimum Gasteiger partial charge on any atom is -0.251 e. The van der Waals surface area contributed by atoms with E-state index in [1.807, 2.05) is 0 Å². The van der Waals surface area contributed by atoms with Gasteiger partial charge in [-0.1, -0.05) is 98.8 Å². The smallest absolute Gasteiger partial charge is 0.0972 e. The molecular weight excluding hydrogens is 512 g/mol. The van der Waals surface area contributed by atoms with Crippen molar-refractivity contribution in [3.05, 3.63) is 121 Å². The molecule has 0 radical (unpaired) electrons. The first kappa shape index (κ1) is 24.6. The Bertz CT molecular complexity index is 2170. The molecule has 200 valence electrons. The molecular formula is C38H28N4. The van der Waals surface area contributed by atoms with Gasteiger partial charge in [0.25, 0.3) is 0 Å². The lowest BCUT2D eigenvalue weighted by molar-refractivity contribution is 1.06. The molecule has 0 bridgehead atoms. The molecule has 0 spiro atoms. The van der Waals surface area contributed by atoms with Crippen molar-refractivity contribution in [2.24, 2.45) is 0 Å². The fourth-order valence-electron chi connectivity index (χ4n) is 6.06. The Hall–Kier alpha value is -5.22. The lowest BCUT2D eigenvalue weighted by Gasteiger charge is -2.13. The van der Waals surface area contributed by atoms with Gasteiger partial charge in [-0.2, -0.15) is 0 Å². The van der Waals surface area contributed by atoms with Crippen molar-refractivity contribution >= 4 is 54.4 Å². The van der Waals surface area contributed by atoms with Crippen LogP contribution in [0.4, 0.5) is 0 Å². The predicted molar refractivity (Wildman–Crippen MR) is 175 cm³/mol. The average molecular weight is 541 g/mol. The van der Waals surface area contributed by atoms with Crippen molar-refractivity contribution in [3.8, 4) is 22.5 Å². The molecule has 0 aliphatic rings. The summed E-state index contributed by atoms with van der Waals surface area (Å²) < 4.78 is 0. The van der Waals surface area contributed by atoms with Crippen LogP contribution >= 0.6 is 0 Å². The van der Waals surface area contributed by atoms with Crippen LogP contribution in [0.5, 0.6) is 0 Å². The van der Waals surface area contributed by atoms with E-state index in [-0.39, 0.29) is 0 Å². The van der Waals surface area contributed by atoms with Gasteiger partial charge in [0.2, 0.25) is 0 Å². The molecule has 0 saturated carbocycles. The lowest BCUT2D eigenvalue weighted by Crippen LogP contribution is -1.94. The summed E-state index contributed by atoms with van der Waals surface area (Å²) in [6.07, 6.45) is 1.79. The monoisotopic (exact) mass is 540 g/mol. The zero-order valence-electron chi connectivity index (χ0n) is 23.6. The van der Waals surface area contributed by atoms with Crippen LogP contribution in [0.3, 0.4) is 0 Å². The molecule has 0 amide bonds. The van der Waals surface area contributed by atoms with Crippen LogP contribution in [0.25, 0.3) is 76.9 Å². The molecule has 4 aromatic heterocycles. The van der Waals surface area contributed by atoms with Crippen LogP contribution in [0, 0.1) is 0 Å². The van der Waals surface area contributed by atoms with Gasteiger partial charge in [-0.3, -0.25) is 9.97 Å². The summed E-state index contributed by atoms with van der Waals surface area (Å²) in [5, 5.41) is 6.71. The topological polar surface area (TPSA) is 51.6 Å². The van der Waals surface area contributed by atoms with E-state index < -0.39 is 0 Å². The van der Waals surface area contributed by atoms with E-state index in [4.69, 9.17) is 19.9 Å². The summed E-state index contributed by atoms with van der Waals surface area (Å²) >= 11 is 0. The molecule has 0 aliphatic heterocycles. The third-order valence-corrected chi connectivity index (χ3v) is 8.36. The SMILES string of the molecule is CCc1ccc2ccc3ccc(-c4ccc(-c5ccc6ccc7ccc(CC)nc7c6n5)c5ccccc45)nc3c2n1. The van der Waals surface area contributed by atoms with Gasteiger partial charge in [-0.25, -0.2) is 9.97 Å². The number of pyridine rings is 4. The molecule has 8 rings (SSSR count). The third kappa shape index (κ3) is 3.91. The van der Waals surface area contributed by atoms with Crippen molar-refractivity contribution in [2.45, 2.75) is 26.7 Å². The molecule has 42 heavy (non-hydrogen) atoms. The molecule has 8 aromatic rings. The summed E-state index contributed by atoms with van der Waals surface area (Å²) in [7, 11) is 0. The summed E-state index contributed by atoms with van der Waals surface area (Å²) in [5.41, 5.74) is 10.0. The van der Waals surface area contributed by atoms with Gasteiger partial charge in [0.05, 0.1) is 33.5 Å². The predicted octanol–water partition coefficient (Wildman–Crippen LogP) is 9.49. The maximum atomic E-state index is 5.21. The highest BCUT2D eigenvalue weighted by molar-refractivity contribution is 6.08. The Morgan fingerprint density at radius 3 is 1.14 bits per heavy atom. The number of fused-ring (bicyclic) bond motifs is 7. The first-order valence-electron chi connectivity index (χ1n) is 14.6. The van der Waals surface area contributed by atoms with E-state index in [1.165, 1.54) is 0 Å². The van der Waals surface area contributed by atoms with Gasteiger partial charge in [0, 0.05) is 44.1 Å². The Kier molecular flexibility index (Phi) is 5.68. The summed E-state index contributed by atoms with van der Waals surface area (Å²) in [5.74, 6) is 0. The average Bonchev–Trinajstić information content (AvgIpc) is 3.06. The molecule has 0 aliphatic carbocycles. The van der Waals surface area contributed by atoms with Crippen LogP contribution in [-0.2, 0) is 12.8 Å². The van der Waals surface area contributed by atoms with Gasteiger partial charge in [0.1, 0.15) is 0 Å². The van der Waals surface area contributed by atoms with E-state index >= 15 is 0 Å². The van der Waals surface area contributed by atoms with E-state index in [1.54, 1.807) is 0 Å². The highest BCUT2D eigenvalue weighted by atomic mass is 14.8. The van der Waals surface area contributed by atoms with Crippen LogP contribution in [0.1, 0.15) is 25.2 Å². The van der Waals surface area contributed by atoms with Gasteiger partial charge < -0.3 is 0 Å². The Morgan fingerprint density at radius 2 is 0.738 bits per heavy atom. The van der Waals surface area contributed by atoms with Gasteiger partial charge in [-0.15, -0.1) is 0 Å². The zero-order chi connectivity index (χ0) is 28.2. The fraction of sp³-hybridized carbons (Fsp3) is 0.105. The number of hydrogen-bond donors (Lipinski definition) is 0. The number of nitrogens with zero attached hydrogens (tertiary/aromatic N) is 4. The van der Waals surface area contributed by atoms with E-state index in [2.05, 4.69) is 123 Å². The summed E-state index contributed by atoms with van der Waals surface area (Å²) in [6.45, 7) is 4.27. The molecule has 0 N–H and O–H groups in total. The Balaban J connectivity index is 1.32. The molecule has 0 saturated heterocycles. The van der Waals surface area contributed by atoms with Crippen LogP contribution in [-0.4, -0.2) is 19.9 Å². The van der Waals surface area contributed by atoms with Gasteiger partial charge in [0.15, 0.2) is 0 Å². The summed E-state index contributed by atoms with van der Waals surface area (Å²) in [6, 6.07) is 38.5. The van der Waals surface area contributed by atoms with Crippen LogP contribution in [0.15, 0.2) is 109 Å². The number of aryl methyl sites for hydroxylation is 2. The molecule has 4 aromatic carbocycles. The first-order chi connectivity index (χ1) is 20.7. The molecule has 0 atom stereocenters. The maximum absolute atomic E-state index is 5.21.